The summed E-state index contributed by atoms with van der Waals surface area (Å²) in [5.41, 5.74) is 7.29. The van der Waals surface area contributed by atoms with Crippen molar-refractivity contribution in [1.82, 2.24) is 30.8 Å². The third kappa shape index (κ3) is 10.0. The zero-order valence-electron chi connectivity index (χ0n) is 25.6. The number of hydrogen-bond acceptors (Lipinski definition) is 9. The molecule has 1 aromatic heterocycles. The predicted molar refractivity (Wildman–Crippen MR) is 162 cm³/mol. The van der Waals surface area contributed by atoms with Crippen LogP contribution in [0.2, 0.25) is 0 Å². The lowest BCUT2D eigenvalue weighted by Crippen LogP contribution is -2.59. The molecule has 1 aliphatic rings. The minimum absolute atomic E-state index is 0.00659. The molecule has 2 heterocycles. The van der Waals surface area contributed by atoms with E-state index in [2.05, 4.69) is 25.9 Å². The number of nitrogens with one attached hydrogen (secondary N) is 4. The number of imidazole rings is 1. The van der Waals surface area contributed by atoms with Crippen molar-refractivity contribution in [3.05, 3.63) is 48.0 Å². The summed E-state index contributed by atoms with van der Waals surface area (Å²) in [6.45, 7) is 3.52. The fourth-order valence-electron chi connectivity index (χ4n) is 5.16. The average Bonchev–Trinajstić information content (AvgIpc) is 3.70. The highest BCUT2D eigenvalue weighted by atomic mass is 16.4. The molecule has 2 aromatic rings. The van der Waals surface area contributed by atoms with E-state index in [0.29, 0.717) is 24.1 Å². The number of carbonyl (C=O) groups is 6. The molecule has 9 N–H and O–H groups in total. The molecule has 0 spiro atoms. The number of carboxylic acid groups (broad SMARTS) is 2. The Hall–Kier alpha value is -4.99. The first kappa shape index (κ1) is 35.5. The number of carboxylic acids is 2. The van der Waals surface area contributed by atoms with E-state index >= 15 is 0 Å². The van der Waals surface area contributed by atoms with E-state index in [0.717, 1.165) is 0 Å². The Morgan fingerprint density at radius 3 is 2.28 bits per heavy atom. The van der Waals surface area contributed by atoms with Crippen LogP contribution in [0.25, 0.3) is 0 Å². The zero-order chi connectivity index (χ0) is 34.0. The van der Waals surface area contributed by atoms with Gasteiger partial charge in [-0.2, -0.15) is 0 Å². The van der Waals surface area contributed by atoms with E-state index in [-0.39, 0.29) is 31.6 Å². The summed E-state index contributed by atoms with van der Waals surface area (Å²) in [4.78, 5) is 84.5. The lowest BCUT2D eigenvalue weighted by Gasteiger charge is -2.29. The first-order chi connectivity index (χ1) is 21.8. The molecular weight excluding hydrogens is 602 g/mol. The van der Waals surface area contributed by atoms with Crippen LogP contribution in [0, 0.1) is 5.92 Å². The number of nitrogens with zero attached hydrogens (tertiary/aromatic N) is 2. The lowest BCUT2D eigenvalue weighted by molar-refractivity contribution is -0.142. The molecule has 1 fully saturated rings. The molecular formula is C30H41N7O9. The van der Waals surface area contributed by atoms with Gasteiger partial charge in [0.15, 0.2) is 0 Å². The second-order valence-corrected chi connectivity index (χ2v) is 11.6. The van der Waals surface area contributed by atoms with Crippen LogP contribution in [0.5, 0.6) is 5.75 Å². The number of nitrogens with two attached hydrogens (primary N) is 1. The Kier molecular flexibility index (Phi) is 12.6. The van der Waals surface area contributed by atoms with Crippen LogP contribution in [-0.2, 0) is 41.6 Å². The Morgan fingerprint density at radius 2 is 1.70 bits per heavy atom. The second-order valence-electron chi connectivity index (χ2n) is 11.6. The normalized spacial score (nSPS) is 17.0. The van der Waals surface area contributed by atoms with Crippen molar-refractivity contribution in [2.45, 2.75) is 82.6 Å². The number of phenols is 1. The highest BCUT2D eigenvalue weighted by Crippen LogP contribution is 2.20. The summed E-state index contributed by atoms with van der Waals surface area (Å²) in [5.74, 6) is -5.84. The number of aromatic amines is 1. The van der Waals surface area contributed by atoms with Gasteiger partial charge in [0.05, 0.1) is 12.4 Å². The molecule has 16 nitrogen and oxygen atoms in total. The van der Waals surface area contributed by atoms with Crippen LogP contribution in [0.15, 0.2) is 36.8 Å². The van der Waals surface area contributed by atoms with Gasteiger partial charge in [-0.3, -0.25) is 24.0 Å². The second kappa shape index (κ2) is 16.4. The molecule has 0 aliphatic carbocycles. The fraction of sp³-hybridized carbons (Fsp3) is 0.500. The van der Waals surface area contributed by atoms with E-state index in [1.807, 2.05) is 0 Å². The van der Waals surface area contributed by atoms with E-state index in [4.69, 9.17) is 5.73 Å². The van der Waals surface area contributed by atoms with Crippen LogP contribution in [0.1, 0.15) is 50.8 Å². The number of aromatic hydroxyl groups is 1. The van der Waals surface area contributed by atoms with Crippen molar-refractivity contribution in [2.24, 2.45) is 11.7 Å². The zero-order valence-corrected chi connectivity index (χ0v) is 25.6. The van der Waals surface area contributed by atoms with Gasteiger partial charge in [-0.25, -0.2) is 9.78 Å². The van der Waals surface area contributed by atoms with Crippen LogP contribution in [0.4, 0.5) is 0 Å². The Balaban J connectivity index is 1.70. The van der Waals surface area contributed by atoms with Gasteiger partial charge in [0.1, 0.15) is 29.9 Å². The molecule has 46 heavy (non-hydrogen) atoms. The van der Waals surface area contributed by atoms with Gasteiger partial charge < -0.3 is 46.9 Å². The number of benzene rings is 1. The molecule has 0 saturated carbocycles. The minimum atomic E-state index is -1.37. The molecule has 0 radical (unpaired) electrons. The van der Waals surface area contributed by atoms with E-state index in [1.165, 1.54) is 41.7 Å². The van der Waals surface area contributed by atoms with Crippen LogP contribution >= 0.6 is 0 Å². The number of likely N-dealkylation sites (tertiary alicyclic amines) is 1. The maximum Gasteiger partial charge on any atom is 0.326 e. The van der Waals surface area contributed by atoms with E-state index in [1.54, 1.807) is 13.8 Å². The number of rotatable bonds is 16. The maximum atomic E-state index is 13.4. The number of carbonyl (C=O) groups excluding carboxylic acids is 4. The summed E-state index contributed by atoms with van der Waals surface area (Å²) in [7, 11) is 0. The lowest BCUT2D eigenvalue weighted by atomic mass is 10.00. The first-order valence-electron chi connectivity index (χ1n) is 14.9. The topological polar surface area (TPSA) is 257 Å². The number of H-pyrrole nitrogens is 1. The first-order valence-corrected chi connectivity index (χ1v) is 14.9. The molecule has 4 amide bonds. The molecule has 1 aliphatic heterocycles. The predicted octanol–water partition coefficient (Wildman–Crippen LogP) is -0.721. The van der Waals surface area contributed by atoms with Crippen molar-refractivity contribution in [2.75, 3.05) is 6.54 Å². The van der Waals surface area contributed by atoms with Crippen molar-refractivity contribution in [3.8, 4) is 5.75 Å². The van der Waals surface area contributed by atoms with Gasteiger partial charge in [0, 0.05) is 37.7 Å². The average molecular weight is 644 g/mol. The molecule has 1 saturated heterocycles. The number of aromatic nitrogens is 2. The fourth-order valence-corrected chi connectivity index (χ4v) is 5.16. The third-order valence-electron chi connectivity index (χ3n) is 7.67. The summed E-state index contributed by atoms with van der Waals surface area (Å²) in [6, 6.07) is -0.0611. The summed E-state index contributed by atoms with van der Waals surface area (Å²) >= 11 is 0. The van der Waals surface area contributed by atoms with Gasteiger partial charge in [0.25, 0.3) is 0 Å². The summed E-state index contributed by atoms with van der Waals surface area (Å²) in [5, 5.41) is 36.0. The van der Waals surface area contributed by atoms with E-state index in [9.17, 15) is 44.1 Å². The maximum absolute atomic E-state index is 13.4. The molecule has 16 heteroatoms. The SMILES string of the molecule is CC(C)[C@H](NC(=O)[C@H](CCC(=O)O)NC(=O)[C@@H]1CCCN1C(=O)[C@@H](N)Cc1cnc[nH]1)C(=O)N[C@@H](Cc1ccc(O)cc1)C(=O)O. The van der Waals surface area contributed by atoms with Gasteiger partial charge in [-0.15, -0.1) is 0 Å². The largest absolute Gasteiger partial charge is 0.508 e. The van der Waals surface area contributed by atoms with Crippen LogP contribution < -0.4 is 21.7 Å². The Morgan fingerprint density at radius 1 is 1.00 bits per heavy atom. The highest BCUT2D eigenvalue weighted by Gasteiger charge is 2.38. The number of aliphatic carboxylic acids is 2. The summed E-state index contributed by atoms with van der Waals surface area (Å²) in [6.07, 6.45) is 3.09. The standard InChI is InChI=1S/C30H41N7O9/c1-16(2)25(28(43)35-22(30(45)46)12-17-5-7-19(38)8-6-17)36-26(41)21(9-10-24(39)40)34-27(42)23-4-3-11-37(23)29(44)20(31)13-18-14-32-15-33-18/h5-8,14-16,20-23,25,38H,3-4,9-13,31H2,1-2H3,(H,32,33)(H,34,42)(H,35,43)(H,36,41)(H,39,40)(H,45,46)/t20-,21-,22-,23-,25-/m0/s1. The van der Waals surface area contributed by atoms with Crippen LogP contribution in [-0.4, -0.2) is 103 Å². The van der Waals surface area contributed by atoms with E-state index < -0.39 is 78.1 Å². The van der Waals surface area contributed by atoms with Crippen molar-refractivity contribution >= 4 is 35.6 Å². The quantitative estimate of drug-likeness (QED) is 0.113. The molecule has 1 aromatic carbocycles. The summed E-state index contributed by atoms with van der Waals surface area (Å²) < 4.78 is 0. The number of amides is 4. The van der Waals surface area contributed by atoms with Crippen LogP contribution in [0.3, 0.4) is 0 Å². The van der Waals surface area contributed by atoms with Crippen molar-refractivity contribution in [1.29, 1.82) is 0 Å². The molecule has 250 valence electrons. The Labute approximate surface area is 265 Å². The third-order valence-corrected chi connectivity index (χ3v) is 7.67. The van der Waals surface area contributed by atoms with Crippen molar-refractivity contribution in [3.63, 3.8) is 0 Å². The molecule has 0 bridgehead atoms. The minimum Gasteiger partial charge on any atom is -0.508 e. The molecule has 0 unspecified atom stereocenters. The number of hydrogen-bond donors (Lipinski definition) is 8. The van der Waals surface area contributed by atoms with Gasteiger partial charge in [-0.05, 0) is 42.9 Å². The Bertz CT molecular complexity index is 1380. The smallest absolute Gasteiger partial charge is 0.326 e. The molecule has 3 rings (SSSR count). The van der Waals surface area contributed by atoms with Crippen molar-refractivity contribution < 1.29 is 44.1 Å². The molecule has 5 atom stereocenters. The monoisotopic (exact) mass is 643 g/mol. The van der Waals surface area contributed by atoms with Gasteiger partial charge in [-0.1, -0.05) is 26.0 Å². The number of phenolic OH excluding ortho intramolecular Hbond substituents is 1. The van der Waals surface area contributed by atoms with Gasteiger partial charge >= 0.3 is 11.9 Å². The highest BCUT2D eigenvalue weighted by molar-refractivity contribution is 5.96. The van der Waals surface area contributed by atoms with Gasteiger partial charge in [0.2, 0.25) is 23.6 Å².